The van der Waals surface area contributed by atoms with Gasteiger partial charge in [-0.15, -0.1) is 0 Å². The third kappa shape index (κ3) is 6.33. The van der Waals surface area contributed by atoms with Gasteiger partial charge >= 0.3 is 5.97 Å². The number of aromatic nitrogens is 2. The summed E-state index contributed by atoms with van der Waals surface area (Å²) in [5.74, 6) is -0.189. The lowest BCUT2D eigenvalue weighted by Crippen LogP contribution is -2.18. The fraction of sp³-hybridized carbons (Fsp3) is 0.0769. The Labute approximate surface area is 206 Å². The van der Waals surface area contributed by atoms with E-state index in [1.165, 1.54) is 13.3 Å². The molecule has 0 saturated carbocycles. The van der Waals surface area contributed by atoms with Crippen LogP contribution in [0.15, 0.2) is 84.0 Å². The van der Waals surface area contributed by atoms with E-state index in [-0.39, 0.29) is 5.69 Å². The summed E-state index contributed by atoms with van der Waals surface area (Å²) in [7, 11) is 1.32. The number of benzene rings is 3. The molecule has 1 heterocycles. The molecule has 0 aliphatic carbocycles. The maximum absolute atomic E-state index is 12.4. The van der Waals surface area contributed by atoms with Crippen LogP contribution in [0.3, 0.4) is 0 Å². The van der Waals surface area contributed by atoms with Crippen molar-refractivity contribution in [2.75, 3.05) is 7.11 Å². The van der Waals surface area contributed by atoms with Crippen LogP contribution < -0.4 is 10.2 Å². The molecule has 0 unspecified atom stereocenters. The molecule has 0 saturated heterocycles. The number of hydrogen-bond acceptors (Lipinski definition) is 6. The van der Waals surface area contributed by atoms with Gasteiger partial charge in [-0.3, -0.25) is 9.89 Å². The zero-order valence-corrected chi connectivity index (χ0v) is 19.5. The Morgan fingerprint density at radius 2 is 1.83 bits per heavy atom. The van der Waals surface area contributed by atoms with E-state index < -0.39 is 11.9 Å². The standard InChI is InChI=1S/C26H21ClN4O4/c1-34-26(33)19-9-5-17(6-10-19)15-28-31-25(32)24-14-23(29-30-24)20-3-2-4-22(13-20)35-16-18-7-11-21(27)12-8-18/h2-15H,16H2,1H3,(H,29,30)(H,31,32). The molecule has 4 rings (SSSR count). The second-order valence-electron chi connectivity index (χ2n) is 7.42. The zero-order valence-electron chi connectivity index (χ0n) is 18.7. The predicted molar refractivity (Wildman–Crippen MR) is 133 cm³/mol. The van der Waals surface area contributed by atoms with Crippen molar-refractivity contribution in [3.05, 3.63) is 106 Å². The summed E-state index contributed by atoms with van der Waals surface area (Å²) in [5.41, 5.74) is 6.22. The largest absolute Gasteiger partial charge is 0.489 e. The molecule has 0 aliphatic rings. The fourth-order valence-electron chi connectivity index (χ4n) is 3.13. The third-order valence-electron chi connectivity index (χ3n) is 4.98. The smallest absolute Gasteiger partial charge is 0.337 e. The van der Waals surface area contributed by atoms with E-state index in [1.54, 1.807) is 30.3 Å². The van der Waals surface area contributed by atoms with Crippen LogP contribution >= 0.6 is 11.6 Å². The molecule has 176 valence electrons. The molecule has 4 aromatic rings. The van der Waals surface area contributed by atoms with E-state index in [0.717, 1.165) is 11.1 Å². The number of halogens is 1. The van der Waals surface area contributed by atoms with E-state index in [2.05, 4.69) is 25.5 Å². The SMILES string of the molecule is COC(=O)c1ccc(C=NNC(=O)c2cc(-c3cccc(OCc4ccc(Cl)cc4)c3)n[nH]2)cc1. The molecule has 1 amide bonds. The van der Waals surface area contributed by atoms with Gasteiger partial charge in [0, 0.05) is 10.6 Å². The highest BCUT2D eigenvalue weighted by Crippen LogP contribution is 2.24. The monoisotopic (exact) mass is 488 g/mol. The number of rotatable bonds is 8. The fourth-order valence-corrected chi connectivity index (χ4v) is 3.25. The number of amides is 1. The minimum atomic E-state index is -0.443. The first-order valence-electron chi connectivity index (χ1n) is 10.6. The predicted octanol–water partition coefficient (Wildman–Crippen LogP) is 4.86. The van der Waals surface area contributed by atoms with Gasteiger partial charge in [-0.25, -0.2) is 10.2 Å². The molecule has 2 N–H and O–H groups in total. The van der Waals surface area contributed by atoms with Gasteiger partial charge in [0.05, 0.1) is 24.6 Å². The van der Waals surface area contributed by atoms with Gasteiger partial charge in [-0.2, -0.15) is 10.2 Å². The van der Waals surface area contributed by atoms with Gasteiger partial charge in [0.1, 0.15) is 18.1 Å². The highest BCUT2D eigenvalue weighted by Gasteiger charge is 2.11. The van der Waals surface area contributed by atoms with Crippen molar-refractivity contribution in [1.82, 2.24) is 15.6 Å². The second-order valence-corrected chi connectivity index (χ2v) is 7.86. The van der Waals surface area contributed by atoms with Crippen LogP contribution in [0.25, 0.3) is 11.3 Å². The zero-order chi connectivity index (χ0) is 24.6. The van der Waals surface area contributed by atoms with Gasteiger partial charge in [-0.05, 0) is 53.6 Å². The third-order valence-corrected chi connectivity index (χ3v) is 5.23. The van der Waals surface area contributed by atoms with Crippen LogP contribution in [0.4, 0.5) is 0 Å². The quantitative estimate of drug-likeness (QED) is 0.209. The minimum absolute atomic E-state index is 0.255. The maximum atomic E-state index is 12.4. The molecule has 0 fully saturated rings. The Bertz CT molecular complexity index is 1350. The number of H-pyrrole nitrogens is 1. The molecular weight excluding hydrogens is 468 g/mol. The van der Waals surface area contributed by atoms with E-state index in [4.69, 9.17) is 16.3 Å². The highest BCUT2D eigenvalue weighted by atomic mass is 35.5. The van der Waals surface area contributed by atoms with Gasteiger partial charge in [0.2, 0.25) is 0 Å². The van der Waals surface area contributed by atoms with Crippen LogP contribution in [-0.4, -0.2) is 35.4 Å². The summed E-state index contributed by atoms with van der Waals surface area (Å²) in [6.07, 6.45) is 1.47. The molecule has 0 radical (unpaired) electrons. The Morgan fingerprint density at radius 1 is 1.06 bits per heavy atom. The van der Waals surface area contributed by atoms with Crippen LogP contribution in [0.2, 0.25) is 5.02 Å². The first-order valence-corrected chi connectivity index (χ1v) is 10.9. The Kier molecular flexibility index (Phi) is 7.54. The molecule has 9 heteroatoms. The summed E-state index contributed by atoms with van der Waals surface area (Å²) < 4.78 is 10.5. The summed E-state index contributed by atoms with van der Waals surface area (Å²) in [6, 6.07) is 23.1. The van der Waals surface area contributed by atoms with Crippen molar-refractivity contribution in [1.29, 1.82) is 0 Å². The number of aromatic amines is 1. The molecule has 8 nitrogen and oxygen atoms in total. The van der Waals surface area contributed by atoms with Crippen LogP contribution in [0.5, 0.6) is 5.75 Å². The number of esters is 1. The van der Waals surface area contributed by atoms with Gasteiger partial charge < -0.3 is 9.47 Å². The van der Waals surface area contributed by atoms with Crippen molar-refractivity contribution in [2.24, 2.45) is 5.10 Å². The highest BCUT2D eigenvalue weighted by molar-refractivity contribution is 6.30. The number of nitrogens with one attached hydrogen (secondary N) is 2. The number of carbonyl (C=O) groups excluding carboxylic acids is 2. The number of hydrogen-bond donors (Lipinski definition) is 2. The van der Waals surface area contributed by atoms with E-state index >= 15 is 0 Å². The van der Waals surface area contributed by atoms with E-state index in [0.29, 0.717) is 34.2 Å². The minimum Gasteiger partial charge on any atom is -0.489 e. The number of methoxy groups -OCH3 is 1. The topological polar surface area (TPSA) is 106 Å². The number of carbonyl (C=O) groups is 2. The molecule has 35 heavy (non-hydrogen) atoms. The molecule has 1 aromatic heterocycles. The molecule has 0 atom stereocenters. The summed E-state index contributed by atoms with van der Waals surface area (Å²) in [6.45, 7) is 0.401. The maximum Gasteiger partial charge on any atom is 0.337 e. The van der Waals surface area contributed by atoms with Crippen molar-refractivity contribution in [3.8, 4) is 17.0 Å². The number of hydrazone groups is 1. The Morgan fingerprint density at radius 3 is 2.57 bits per heavy atom. The lowest BCUT2D eigenvalue weighted by atomic mass is 10.1. The lowest BCUT2D eigenvalue weighted by molar-refractivity contribution is 0.0600. The van der Waals surface area contributed by atoms with Crippen molar-refractivity contribution in [3.63, 3.8) is 0 Å². The molecule has 0 bridgehead atoms. The normalized spacial score (nSPS) is 10.8. The molecule has 0 aliphatic heterocycles. The van der Waals surface area contributed by atoms with Crippen LogP contribution in [0.1, 0.15) is 32.0 Å². The van der Waals surface area contributed by atoms with Gasteiger partial charge in [0.15, 0.2) is 0 Å². The Balaban J connectivity index is 1.35. The molecular formula is C26H21ClN4O4. The van der Waals surface area contributed by atoms with E-state index in [1.807, 2.05) is 48.5 Å². The summed E-state index contributed by atoms with van der Waals surface area (Å²) in [5, 5.41) is 11.6. The van der Waals surface area contributed by atoms with Gasteiger partial charge in [0.25, 0.3) is 5.91 Å². The first-order chi connectivity index (χ1) is 17.0. The summed E-state index contributed by atoms with van der Waals surface area (Å²) in [4.78, 5) is 23.9. The number of nitrogens with zero attached hydrogens (tertiary/aromatic N) is 2. The lowest BCUT2D eigenvalue weighted by Gasteiger charge is -2.07. The Hall–Kier alpha value is -4.43. The van der Waals surface area contributed by atoms with Gasteiger partial charge in [-0.1, -0.05) is 48.0 Å². The second kappa shape index (κ2) is 11.1. The number of ether oxygens (including phenoxy) is 2. The average molecular weight is 489 g/mol. The van der Waals surface area contributed by atoms with Crippen molar-refractivity contribution in [2.45, 2.75) is 6.61 Å². The van der Waals surface area contributed by atoms with Crippen LogP contribution in [0, 0.1) is 0 Å². The van der Waals surface area contributed by atoms with Crippen LogP contribution in [-0.2, 0) is 11.3 Å². The van der Waals surface area contributed by atoms with Crippen molar-refractivity contribution < 1.29 is 19.1 Å². The van der Waals surface area contributed by atoms with E-state index in [9.17, 15) is 9.59 Å². The molecule has 0 spiro atoms. The first kappa shape index (κ1) is 23.7. The summed E-state index contributed by atoms with van der Waals surface area (Å²) >= 11 is 5.92. The average Bonchev–Trinajstić information content (AvgIpc) is 3.39. The molecule has 3 aromatic carbocycles. The van der Waals surface area contributed by atoms with Crippen molar-refractivity contribution >= 4 is 29.7 Å².